The number of thioether (sulfide) groups is 1. The number of carbonyl (C=O) groups excluding carboxylic acids is 1. The highest BCUT2D eigenvalue weighted by Crippen LogP contribution is 2.37. The van der Waals surface area contributed by atoms with Gasteiger partial charge in [0.1, 0.15) is 0 Å². The van der Waals surface area contributed by atoms with Crippen LogP contribution < -0.4 is 10.5 Å². The van der Waals surface area contributed by atoms with E-state index in [1.165, 1.54) is 6.07 Å². The Morgan fingerprint density at radius 2 is 1.82 bits per heavy atom. The van der Waals surface area contributed by atoms with E-state index in [0.29, 0.717) is 22.2 Å². The summed E-state index contributed by atoms with van der Waals surface area (Å²) in [4.78, 5) is 16.9. The lowest BCUT2D eigenvalue weighted by Crippen LogP contribution is -2.17. The molecule has 0 bridgehead atoms. The minimum Gasteiger partial charge on any atom is -0.324 e. The zero-order chi connectivity index (χ0) is 28.0. The number of halogens is 4. The van der Waals surface area contributed by atoms with Crippen molar-refractivity contribution in [3.8, 4) is 5.69 Å². The van der Waals surface area contributed by atoms with Gasteiger partial charge in [-0.25, -0.2) is 13.6 Å². The van der Waals surface area contributed by atoms with Gasteiger partial charge >= 0.3 is 6.18 Å². The molecule has 2 aromatic carbocycles. The average molecular weight is 585 g/mol. The number of carbonyl (C=O) groups is 1. The number of nitrogens with two attached hydrogens (primary N) is 1. The predicted octanol–water partition coefficient (Wildman–Crippen LogP) is 4.79. The number of anilines is 1. The largest absolute Gasteiger partial charge is 0.452 e. The summed E-state index contributed by atoms with van der Waals surface area (Å²) in [5.41, 5.74) is 2.59. The number of hydrogen-bond acceptors (Lipinski definition) is 7. The van der Waals surface area contributed by atoms with Gasteiger partial charge in [0.2, 0.25) is 21.8 Å². The van der Waals surface area contributed by atoms with Crippen molar-refractivity contribution in [3.63, 3.8) is 0 Å². The van der Waals surface area contributed by atoms with Crippen molar-refractivity contribution in [2.24, 2.45) is 5.14 Å². The van der Waals surface area contributed by atoms with Crippen molar-refractivity contribution in [3.05, 3.63) is 64.1 Å². The summed E-state index contributed by atoms with van der Waals surface area (Å²) in [5.74, 6) is -2.22. The van der Waals surface area contributed by atoms with Gasteiger partial charge in [-0.05, 0) is 56.2 Å². The van der Waals surface area contributed by atoms with Gasteiger partial charge < -0.3 is 5.32 Å². The molecule has 15 heteroatoms. The van der Waals surface area contributed by atoms with Crippen LogP contribution in [0.3, 0.4) is 0 Å². The first-order valence-corrected chi connectivity index (χ1v) is 13.7. The van der Waals surface area contributed by atoms with Crippen LogP contribution in [0.25, 0.3) is 16.6 Å². The number of nitrogens with one attached hydrogen (secondary N) is 1. The first-order chi connectivity index (χ1) is 17.7. The minimum absolute atomic E-state index is 0.0828. The molecule has 3 N–H and O–H groups in total. The molecule has 0 atom stereocenters. The standard InChI is InChI=1S/C23H20ClF3N6O3S2/c1-11-4-6-15-12(2)8-13(3)29-19(15)20(11)33-21(23(25,26)27)31-32-22(33)37-10-18(34)30-17-7-5-14(9-16(17)24)38(28,35)36/h4-9H,10H2,1-3H3,(H,30,34)(H2,28,35,36). The van der Waals surface area contributed by atoms with Gasteiger partial charge in [-0.3, -0.25) is 14.3 Å². The van der Waals surface area contributed by atoms with Gasteiger partial charge in [0, 0.05) is 11.1 Å². The van der Waals surface area contributed by atoms with E-state index in [9.17, 15) is 26.4 Å². The van der Waals surface area contributed by atoms with Gasteiger partial charge in [-0.2, -0.15) is 13.2 Å². The highest BCUT2D eigenvalue weighted by atomic mass is 35.5. The van der Waals surface area contributed by atoms with E-state index in [-0.39, 0.29) is 32.2 Å². The van der Waals surface area contributed by atoms with Crippen LogP contribution in [-0.4, -0.2) is 39.8 Å². The first-order valence-electron chi connectivity index (χ1n) is 10.8. The Bertz CT molecular complexity index is 1690. The van der Waals surface area contributed by atoms with Gasteiger partial charge in [0.25, 0.3) is 0 Å². The molecule has 0 radical (unpaired) electrons. The number of sulfonamides is 1. The number of primary sulfonamides is 1. The van der Waals surface area contributed by atoms with Gasteiger partial charge in [-0.15, -0.1) is 10.2 Å². The van der Waals surface area contributed by atoms with Gasteiger partial charge in [0.15, 0.2) is 5.16 Å². The highest BCUT2D eigenvalue weighted by Gasteiger charge is 2.40. The van der Waals surface area contributed by atoms with Crippen molar-refractivity contribution >= 4 is 55.9 Å². The Hall–Kier alpha value is -3.20. The lowest BCUT2D eigenvalue weighted by molar-refractivity contribution is -0.146. The smallest absolute Gasteiger partial charge is 0.324 e. The second kappa shape index (κ2) is 10.2. The predicted molar refractivity (Wildman–Crippen MR) is 138 cm³/mol. The van der Waals surface area contributed by atoms with E-state index in [1.54, 1.807) is 26.0 Å². The topological polar surface area (TPSA) is 133 Å². The third-order valence-corrected chi connectivity index (χ3v) is 7.63. The molecule has 0 unspecified atom stereocenters. The molecule has 1 amide bonds. The molecule has 0 spiro atoms. The lowest BCUT2D eigenvalue weighted by Gasteiger charge is -2.17. The van der Waals surface area contributed by atoms with Crippen LogP contribution in [0.2, 0.25) is 5.02 Å². The fraction of sp³-hybridized carbons (Fsp3) is 0.217. The van der Waals surface area contributed by atoms with Crippen LogP contribution in [0.5, 0.6) is 0 Å². The number of rotatable bonds is 6. The summed E-state index contributed by atoms with van der Waals surface area (Å²) >= 11 is 6.79. The molecular weight excluding hydrogens is 565 g/mol. The Balaban J connectivity index is 1.70. The minimum atomic E-state index is -4.83. The third kappa shape index (κ3) is 5.62. The summed E-state index contributed by atoms with van der Waals surface area (Å²) in [6, 6.07) is 8.81. The van der Waals surface area contributed by atoms with Crippen molar-refractivity contribution in [1.82, 2.24) is 19.7 Å². The molecule has 0 aliphatic carbocycles. The van der Waals surface area contributed by atoms with Crippen LogP contribution in [0.1, 0.15) is 22.6 Å². The Kier molecular flexibility index (Phi) is 7.45. The maximum Gasteiger partial charge on any atom is 0.452 e. The molecule has 2 aromatic heterocycles. The number of fused-ring (bicyclic) bond motifs is 1. The SMILES string of the molecule is Cc1cc(C)c2ccc(C)c(-n3c(SCC(=O)Nc4ccc(S(N)(=O)=O)cc4Cl)nnc3C(F)(F)F)c2n1. The summed E-state index contributed by atoms with van der Waals surface area (Å²) in [6.45, 7) is 5.24. The fourth-order valence-corrected chi connectivity index (χ4v) is 5.40. The van der Waals surface area contributed by atoms with Crippen LogP contribution in [0.15, 0.2) is 46.5 Å². The monoisotopic (exact) mass is 584 g/mol. The second-order valence-electron chi connectivity index (χ2n) is 8.37. The van der Waals surface area contributed by atoms with Crippen LogP contribution >= 0.6 is 23.4 Å². The number of aromatic nitrogens is 4. The Labute approximate surface area is 224 Å². The lowest BCUT2D eigenvalue weighted by atomic mass is 10.0. The normalized spacial score (nSPS) is 12.2. The molecule has 200 valence electrons. The molecule has 0 fully saturated rings. The summed E-state index contributed by atoms with van der Waals surface area (Å²) in [5, 5.41) is 15.1. The van der Waals surface area contributed by atoms with E-state index in [1.807, 2.05) is 13.0 Å². The Morgan fingerprint density at radius 1 is 1.11 bits per heavy atom. The van der Waals surface area contributed by atoms with Crippen molar-refractivity contribution in [1.29, 1.82) is 0 Å². The summed E-state index contributed by atoms with van der Waals surface area (Å²) in [7, 11) is -4.00. The molecule has 0 aliphatic heterocycles. The van der Waals surface area contributed by atoms with E-state index < -0.39 is 27.9 Å². The molecule has 38 heavy (non-hydrogen) atoms. The van der Waals surface area contributed by atoms with E-state index in [4.69, 9.17) is 16.7 Å². The molecule has 0 saturated heterocycles. The molecule has 2 heterocycles. The molecule has 4 aromatic rings. The number of pyridine rings is 1. The highest BCUT2D eigenvalue weighted by molar-refractivity contribution is 7.99. The van der Waals surface area contributed by atoms with E-state index >= 15 is 0 Å². The number of nitrogens with zero attached hydrogens (tertiary/aromatic N) is 4. The maximum absolute atomic E-state index is 14.0. The van der Waals surface area contributed by atoms with Gasteiger partial charge in [-0.1, -0.05) is 35.5 Å². The Morgan fingerprint density at radius 3 is 2.45 bits per heavy atom. The van der Waals surface area contributed by atoms with E-state index in [0.717, 1.165) is 34.0 Å². The summed E-state index contributed by atoms with van der Waals surface area (Å²) < 4.78 is 65.8. The fourth-order valence-electron chi connectivity index (χ4n) is 3.83. The number of aryl methyl sites for hydroxylation is 3. The quantitative estimate of drug-likeness (QED) is 0.311. The van der Waals surface area contributed by atoms with E-state index in [2.05, 4.69) is 20.5 Å². The molecule has 4 rings (SSSR count). The van der Waals surface area contributed by atoms with Gasteiger partial charge in [0.05, 0.1) is 32.6 Å². The number of hydrogen-bond donors (Lipinski definition) is 2. The van der Waals surface area contributed by atoms with Crippen molar-refractivity contribution < 1.29 is 26.4 Å². The molecule has 0 aliphatic rings. The number of benzene rings is 2. The molecule has 0 saturated carbocycles. The second-order valence-corrected chi connectivity index (χ2v) is 11.3. The first kappa shape index (κ1) is 27.8. The maximum atomic E-state index is 14.0. The molecular formula is C23H20ClF3N6O3S2. The zero-order valence-corrected chi connectivity index (χ0v) is 22.5. The van der Waals surface area contributed by atoms with Crippen LogP contribution in [-0.2, 0) is 21.0 Å². The number of amides is 1. The number of alkyl halides is 3. The summed E-state index contributed by atoms with van der Waals surface area (Å²) in [6.07, 6.45) is -4.83. The zero-order valence-electron chi connectivity index (χ0n) is 20.1. The van der Waals surface area contributed by atoms with Crippen LogP contribution in [0, 0.1) is 20.8 Å². The van der Waals surface area contributed by atoms with Crippen LogP contribution in [0.4, 0.5) is 18.9 Å². The van der Waals surface area contributed by atoms with Crippen molar-refractivity contribution in [2.75, 3.05) is 11.1 Å². The average Bonchev–Trinajstić information content (AvgIpc) is 3.22. The molecule has 9 nitrogen and oxygen atoms in total. The van der Waals surface area contributed by atoms with Crippen molar-refractivity contribution in [2.45, 2.75) is 37.0 Å². The third-order valence-electron chi connectivity index (χ3n) is 5.48.